The maximum absolute atomic E-state index is 13.8. The summed E-state index contributed by atoms with van der Waals surface area (Å²) in [6, 6.07) is 19.0. The predicted molar refractivity (Wildman–Crippen MR) is 110 cm³/mol. The number of benzene rings is 2. The molecule has 2 aliphatic rings. The smallest absolute Gasteiger partial charge is 0.338 e. The Morgan fingerprint density at radius 3 is 2.21 bits per heavy atom. The molecule has 0 saturated carbocycles. The number of nitrogens with zero attached hydrogens (tertiary/aromatic N) is 1. The summed E-state index contributed by atoms with van der Waals surface area (Å²) in [5.74, 6) is -2.10. The number of thioether (sulfide) groups is 1. The SMILES string of the molecule is COC(=O)[C@H]1OC(C)(C)O[C@]12C(=O)N(c1ccccc1)[C@]2(SC)c1ccccc1. The van der Waals surface area contributed by atoms with Crippen LogP contribution in [0.2, 0.25) is 0 Å². The van der Waals surface area contributed by atoms with Crippen LogP contribution in [0.1, 0.15) is 19.4 Å². The molecule has 2 aromatic carbocycles. The molecule has 2 aromatic rings. The number of amides is 1. The number of carbonyl (C=O) groups is 2. The van der Waals surface area contributed by atoms with Crippen LogP contribution in [0.5, 0.6) is 0 Å². The van der Waals surface area contributed by atoms with Gasteiger partial charge in [0.05, 0.1) is 7.11 Å². The molecule has 0 radical (unpaired) electrons. The summed E-state index contributed by atoms with van der Waals surface area (Å²) in [6.45, 7) is 3.40. The van der Waals surface area contributed by atoms with Crippen LogP contribution in [0.25, 0.3) is 0 Å². The minimum atomic E-state index is -1.56. The third-order valence-corrected chi connectivity index (χ3v) is 6.72. The topological polar surface area (TPSA) is 65.1 Å². The summed E-state index contributed by atoms with van der Waals surface area (Å²) in [6.07, 6.45) is 0.711. The normalized spacial score (nSPS) is 30.3. The molecular weight excluding hydrogens is 390 g/mol. The van der Waals surface area contributed by atoms with E-state index in [4.69, 9.17) is 14.2 Å². The Kier molecular flexibility index (Phi) is 4.72. The number of anilines is 1. The number of hydrogen-bond donors (Lipinski definition) is 0. The van der Waals surface area contributed by atoms with Crippen molar-refractivity contribution in [1.29, 1.82) is 0 Å². The van der Waals surface area contributed by atoms with E-state index in [1.54, 1.807) is 18.7 Å². The van der Waals surface area contributed by atoms with Crippen molar-refractivity contribution in [2.45, 2.75) is 36.2 Å². The van der Waals surface area contributed by atoms with E-state index in [1.165, 1.54) is 18.9 Å². The fourth-order valence-corrected chi connectivity index (χ4v) is 5.65. The summed E-state index contributed by atoms with van der Waals surface area (Å²) in [7, 11) is 1.28. The predicted octanol–water partition coefficient (Wildman–Crippen LogP) is 3.31. The lowest BCUT2D eigenvalue weighted by Gasteiger charge is -2.62. The first-order chi connectivity index (χ1) is 13.8. The van der Waals surface area contributed by atoms with Crippen LogP contribution in [0.15, 0.2) is 60.7 Å². The summed E-state index contributed by atoms with van der Waals surface area (Å²) >= 11 is 1.44. The van der Waals surface area contributed by atoms with Crippen molar-refractivity contribution in [2.75, 3.05) is 18.3 Å². The zero-order valence-electron chi connectivity index (χ0n) is 16.7. The van der Waals surface area contributed by atoms with Crippen molar-refractivity contribution >= 4 is 29.3 Å². The van der Waals surface area contributed by atoms with Crippen LogP contribution in [-0.4, -0.2) is 42.7 Å². The number of hydrogen-bond acceptors (Lipinski definition) is 6. The highest BCUT2D eigenvalue weighted by Crippen LogP contribution is 2.64. The van der Waals surface area contributed by atoms with Crippen LogP contribution in [0.4, 0.5) is 5.69 Å². The van der Waals surface area contributed by atoms with Gasteiger partial charge in [0.15, 0.2) is 16.8 Å². The molecular formula is C22H23NO5S. The van der Waals surface area contributed by atoms with Crippen LogP contribution >= 0.6 is 11.8 Å². The molecule has 2 aliphatic heterocycles. The average Bonchev–Trinajstić information content (AvgIpc) is 3.06. The number of rotatable bonds is 4. The molecule has 0 aromatic heterocycles. The number of methoxy groups -OCH3 is 1. The molecule has 29 heavy (non-hydrogen) atoms. The first-order valence-corrected chi connectivity index (χ1v) is 10.5. The second kappa shape index (κ2) is 6.86. The standard InChI is InChI=1S/C22H23NO5S/c1-20(2)27-17(18(24)26-3)21(28-20)19(25)23(16-13-9-6-10-14-16)22(21,29-4)15-11-7-5-8-12-15/h5-14,17H,1-4H3/t17-,21+,22+/m1/s1. The number of ether oxygens (including phenoxy) is 3. The largest absolute Gasteiger partial charge is 0.467 e. The molecule has 0 bridgehead atoms. The van der Waals surface area contributed by atoms with E-state index in [0.717, 1.165) is 11.3 Å². The first-order valence-electron chi connectivity index (χ1n) is 9.30. The van der Waals surface area contributed by atoms with Gasteiger partial charge in [-0.25, -0.2) is 4.79 Å². The molecule has 1 spiro atoms. The van der Waals surface area contributed by atoms with Crippen molar-refractivity contribution in [3.63, 3.8) is 0 Å². The Hall–Kier alpha value is -2.35. The van der Waals surface area contributed by atoms with E-state index < -0.39 is 28.3 Å². The number of esters is 1. The number of β-lactam (4-membered cyclic amide) rings is 1. The van der Waals surface area contributed by atoms with E-state index >= 15 is 0 Å². The summed E-state index contributed by atoms with van der Waals surface area (Å²) in [5.41, 5.74) is 0.00428. The van der Waals surface area contributed by atoms with E-state index in [2.05, 4.69) is 0 Å². The van der Waals surface area contributed by atoms with Gasteiger partial charge < -0.3 is 14.2 Å². The average molecular weight is 413 g/mol. The van der Waals surface area contributed by atoms with E-state index in [-0.39, 0.29) is 5.91 Å². The minimum Gasteiger partial charge on any atom is -0.467 e. The van der Waals surface area contributed by atoms with Crippen molar-refractivity contribution in [3.05, 3.63) is 66.2 Å². The molecule has 7 heteroatoms. The molecule has 3 atom stereocenters. The fraction of sp³-hybridized carbons (Fsp3) is 0.364. The highest BCUT2D eigenvalue weighted by molar-refractivity contribution is 8.00. The molecule has 0 aliphatic carbocycles. The van der Waals surface area contributed by atoms with Crippen molar-refractivity contribution in [3.8, 4) is 0 Å². The minimum absolute atomic E-state index is 0.331. The molecule has 6 nitrogen and oxygen atoms in total. The van der Waals surface area contributed by atoms with Gasteiger partial charge in [0.1, 0.15) is 0 Å². The second-order valence-corrected chi connectivity index (χ2v) is 8.45. The first kappa shape index (κ1) is 19.9. The Balaban J connectivity index is 1.98. The van der Waals surface area contributed by atoms with Crippen LogP contribution < -0.4 is 4.90 Å². The van der Waals surface area contributed by atoms with Crippen LogP contribution in [0.3, 0.4) is 0 Å². The van der Waals surface area contributed by atoms with Crippen molar-refractivity contribution < 1.29 is 23.8 Å². The third-order valence-electron chi connectivity index (χ3n) is 5.41. The quantitative estimate of drug-likeness (QED) is 0.566. The maximum atomic E-state index is 13.8. The zero-order chi connectivity index (χ0) is 20.9. The highest BCUT2D eigenvalue weighted by Gasteiger charge is 2.82. The Morgan fingerprint density at radius 2 is 1.66 bits per heavy atom. The Morgan fingerprint density at radius 1 is 1.07 bits per heavy atom. The zero-order valence-corrected chi connectivity index (χ0v) is 17.6. The molecule has 2 heterocycles. The van der Waals surface area contributed by atoms with E-state index in [0.29, 0.717) is 0 Å². The number of para-hydroxylation sites is 1. The van der Waals surface area contributed by atoms with Gasteiger partial charge >= 0.3 is 5.97 Å². The molecule has 0 N–H and O–H groups in total. The van der Waals surface area contributed by atoms with Gasteiger partial charge in [-0.05, 0) is 37.8 Å². The molecule has 2 saturated heterocycles. The fourth-order valence-electron chi connectivity index (χ4n) is 4.37. The molecule has 4 rings (SSSR count). The van der Waals surface area contributed by atoms with Gasteiger partial charge in [-0.3, -0.25) is 9.69 Å². The summed E-state index contributed by atoms with van der Waals surface area (Å²) in [4.78, 5) is 27.2. The lowest BCUT2D eigenvalue weighted by atomic mass is 9.72. The second-order valence-electron chi connectivity index (χ2n) is 7.45. The maximum Gasteiger partial charge on any atom is 0.338 e. The third kappa shape index (κ3) is 2.57. The van der Waals surface area contributed by atoms with E-state index in [9.17, 15) is 9.59 Å². The summed E-state index contributed by atoms with van der Waals surface area (Å²) in [5, 5.41) is 0. The molecule has 1 amide bonds. The van der Waals surface area contributed by atoms with Gasteiger partial charge in [-0.1, -0.05) is 48.5 Å². The molecule has 152 valence electrons. The Labute approximate surface area is 174 Å². The van der Waals surface area contributed by atoms with Crippen molar-refractivity contribution in [2.24, 2.45) is 0 Å². The molecule has 2 fully saturated rings. The van der Waals surface area contributed by atoms with Gasteiger partial charge in [0.2, 0.25) is 5.60 Å². The Bertz CT molecular complexity index is 935. The van der Waals surface area contributed by atoms with Crippen LogP contribution in [0, 0.1) is 0 Å². The van der Waals surface area contributed by atoms with Crippen molar-refractivity contribution in [1.82, 2.24) is 0 Å². The highest BCUT2D eigenvalue weighted by atomic mass is 32.2. The number of carbonyl (C=O) groups excluding carboxylic acids is 2. The summed E-state index contributed by atoms with van der Waals surface area (Å²) < 4.78 is 17.2. The van der Waals surface area contributed by atoms with Gasteiger partial charge in [0.25, 0.3) is 5.91 Å². The monoisotopic (exact) mass is 413 g/mol. The van der Waals surface area contributed by atoms with Gasteiger partial charge in [-0.2, -0.15) is 0 Å². The lowest BCUT2D eigenvalue weighted by molar-refractivity contribution is -0.193. The van der Waals surface area contributed by atoms with Gasteiger partial charge in [0, 0.05) is 5.69 Å². The molecule has 0 unspecified atom stereocenters. The lowest BCUT2D eigenvalue weighted by Crippen LogP contribution is -2.83. The van der Waals surface area contributed by atoms with Crippen LogP contribution in [-0.2, 0) is 28.7 Å². The van der Waals surface area contributed by atoms with E-state index in [1.807, 2.05) is 66.9 Å². The van der Waals surface area contributed by atoms with Gasteiger partial charge in [-0.15, -0.1) is 11.8 Å².